The molecule has 3 amide bonds. The summed E-state index contributed by atoms with van der Waals surface area (Å²) in [7, 11) is 0. The zero-order valence-electron chi connectivity index (χ0n) is 14.3. The van der Waals surface area contributed by atoms with Crippen molar-refractivity contribution in [2.45, 2.75) is 51.0 Å². The minimum absolute atomic E-state index is 0.129. The average Bonchev–Trinajstić information content (AvgIpc) is 3.14. The van der Waals surface area contributed by atoms with Crippen LogP contribution in [0.15, 0.2) is 18.2 Å². The van der Waals surface area contributed by atoms with Crippen LogP contribution in [0.2, 0.25) is 0 Å². The molecule has 1 aromatic carbocycles. The predicted octanol–water partition coefficient (Wildman–Crippen LogP) is 2.39. The number of nitrogens with one attached hydrogen (secondary N) is 1. The molecular weight excluding hydrogens is 302 g/mol. The minimum atomic E-state index is -0.940. The Morgan fingerprint density at radius 2 is 1.79 bits per heavy atom. The summed E-state index contributed by atoms with van der Waals surface area (Å²) in [6, 6.07) is 5.97. The smallest absolute Gasteiger partial charge is 0.319 e. The van der Waals surface area contributed by atoms with Crippen LogP contribution in [0.3, 0.4) is 0 Å². The van der Waals surface area contributed by atoms with Crippen molar-refractivity contribution < 1.29 is 9.59 Å². The van der Waals surface area contributed by atoms with Gasteiger partial charge in [-0.25, -0.2) is 9.69 Å². The minimum Gasteiger partial charge on any atom is -0.319 e. The fourth-order valence-corrected chi connectivity index (χ4v) is 4.20. The lowest BCUT2D eigenvalue weighted by molar-refractivity contribution is -0.132. The predicted molar refractivity (Wildman–Crippen MR) is 91.5 cm³/mol. The molecule has 5 nitrogen and oxygen atoms in total. The topological polar surface area (TPSA) is 52.7 Å². The number of likely N-dealkylation sites (tertiary alicyclic amines) is 1. The number of urea groups is 1. The number of nitrogens with zero attached hydrogens (tertiary/aromatic N) is 2. The summed E-state index contributed by atoms with van der Waals surface area (Å²) in [6.45, 7) is 4.17. The molecule has 2 aliphatic heterocycles. The molecule has 0 spiro atoms. The van der Waals surface area contributed by atoms with E-state index in [0.29, 0.717) is 6.67 Å². The van der Waals surface area contributed by atoms with Crippen LogP contribution in [0.25, 0.3) is 0 Å². The summed E-state index contributed by atoms with van der Waals surface area (Å²) >= 11 is 0. The molecule has 3 aliphatic rings. The Morgan fingerprint density at radius 3 is 2.58 bits per heavy atom. The molecule has 1 N–H and O–H groups in total. The Balaban J connectivity index is 1.57. The Morgan fingerprint density at radius 1 is 1.04 bits per heavy atom. The average molecular weight is 327 g/mol. The Hall–Kier alpha value is -1.88. The number of amides is 3. The van der Waals surface area contributed by atoms with Crippen LogP contribution in [0.4, 0.5) is 4.79 Å². The van der Waals surface area contributed by atoms with Crippen LogP contribution in [0, 0.1) is 0 Å². The van der Waals surface area contributed by atoms with Gasteiger partial charge < -0.3 is 5.32 Å². The van der Waals surface area contributed by atoms with E-state index in [1.807, 2.05) is 13.0 Å². The van der Waals surface area contributed by atoms with Gasteiger partial charge >= 0.3 is 6.03 Å². The maximum atomic E-state index is 13.0. The largest absolute Gasteiger partial charge is 0.326 e. The normalized spacial score (nSPS) is 27.5. The lowest BCUT2D eigenvalue weighted by atomic mass is 9.90. The van der Waals surface area contributed by atoms with E-state index < -0.39 is 5.54 Å². The van der Waals surface area contributed by atoms with Crippen LogP contribution in [0.5, 0.6) is 0 Å². The number of imide groups is 1. The number of hydrogen-bond donors (Lipinski definition) is 1. The summed E-state index contributed by atoms with van der Waals surface area (Å²) in [5.41, 5.74) is 2.67. The fourth-order valence-electron chi connectivity index (χ4n) is 4.20. The van der Waals surface area contributed by atoms with Crippen molar-refractivity contribution in [3.05, 3.63) is 34.9 Å². The molecule has 5 heteroatoms. The van der Waals surface area contributed by atoms with E-state index in [9.17, 15) is 9.59 Å². The van der Waals surface area contributed by atoms with Crippen molar-refractivity contribution in [2.75, 3.05) is 19.8 Å². The first-order chi connectivity index (χ1) is 11.6. The molecule has 2 saturated heterocycles. The first-order valence-electron chi connectivity index (χ1n) is 9.07. The summed E-state index contributed by atoms with van der Waals surface area (Å²) in [6.07, 6.45) is 6.89. The standard InChI is InChI=1S/C19H25N3O2/c1-19(16-9-8-14-6-5-7-15(14)12-16)17(23)22(18(24)20-19)13-21-10-3-2-4-11-21/h8-9,12H,2-7,10-11,13H2,1H3,(H,20,24)/t19-/m1/s1. The van der Waals surface area contributed by atoms with Gasteiger partial charge in [-0.3, -0.25) is 9.69 Å². The molecule has 0 bridgehead atoms. The van der Waals surface area contributed by atoms with Gasteiger partial charge in [-0.15, -0.1) is 0 Å². The second kappa shape index (κ2) is 5.88. The number of rotatable bonds is 3. The van der Waals surface area contributed by atoms with Gasteiger partial charge in [-0.1, -0.05) is 24.6 Å². The second-order valence-electron chi connectivity index (χ2n) is 7.45. The highest BCUT2D eigenvalue weighted by Gasteiger charge is 2.49. The van der Waals surface area contributed by atoms with Gasteiger partial charge in [0.1, 0.15) is 5.54 Å². The maximum Gasteiger partial charge on any atom is 0.326 e. The molecule has 0 unspecified atom stereocenters. The first kappa shape index (κ1) is 15.6. The highest BCUT2D eigenvalue weighted by molar-refractivity contribution is 6.07. The number of carbonyl (C=O) groups excluding carboxylic acids is 2. The molecule has 0 saturated carbocycles. The zero-order valence-corrected chi connectivity index (χ0v) is 14.3. The van der Waals surface area contributed by atoms with Crippen LogP contribution in [0.1, 0.15) is 49.3 Å². The first-order valence-corrected chi connectivity index (χ1v) is 9.07. The summed E-state index contributed by atoms with van der Waals surface area (Å²) in [5.74, 6) is -0.129. The molecule has 4 rings (SSSR count). The Bertz CT molecular complexity index is 681. The van der Waals surface area contributed by atoms with E-state index in [2.05, 4.69) is 22.3 Å². The van der Waals surface area contributed by atoms with E-state index in [0.717, 1.165) is 44.3 Å². The third-order valence-electron chi connectivity index (χ3n) is 5.74. The van der Waals surface area contributed by atoms with Crippen LogP contribution >= 0.6 is 0 Å². The number of benzene rings is 1. The van der Waals surface area contributed by atoms with Gasteiger partial charge in [0.2, 0.25) is 0 Å². The van der Waals surface area contributed by atoms with Crippen LogP contribution < -0.4 is 5.32 Å². The second-order valence-corrected chi connectivity index (χ2v) is 7.45. The number of carbonyl (C=O) groups is 2. The number of hydrogen-bond acceptors (Lipinski definition) is 3. The molecule has 1 atom stereocenters. The van der Waals surface area contributed by atoms with E-state index in [4.69, 9.17) is 0 Å². The quantitative estimate of drug-likeness (QED) is 0.867. The van der Waals surface area contributed by atoms with Gasteiger partial charge in [0, 0.05) is 0 Å². The summed E-state index contributed by atoms with van der Waals surface area (Å²) in [5, 5.41) is 2.94. The highest BCUT2D eigenvalue weighted by atomic mass is 16.2. The molecule has 2 heterocycles. The van der Waals surface area contributed by atoms with E-state index >= 15 is 0 Å². The Labute approximate surface area is 143 Å². The summed E-state index contributed by atoms with van der Waals surface area (Å²) in [4.78, 5) is 29.1. The number of fused-ring (bicyclic) bond motifs is 1. The van der Waals surface area contributed by atoms with Gasteiger partial charge in [0.05, 0.1) is 6.67 Å². The van der Waals surface area contributed by atoms with E-state index in [1.165, 1.54) is 28.9 Å². The molecular formula is C19H25N3O2. The third kappa shape index (κ3) is 2.51. The van der Waals surface area contributed by atoms with E-state index in [1.54, 1.807) is 0 Å². The van der Waals surface area contributed by atoms with Crippen molar-refractivity contribution in [3.63, 3.8) is 0 Å². The number of aryl methyl sites for hydroxylation is 2. The number of piperidine rings is 1. The van der Waals surface area contributed by atoms with Gasteiger partial charge in [-0.2, -0.15) is 0 Å². The van der Waals surface area contributed by atoms with Gasteiger partial charge in [0.15, 0.2) is 0 Å². The van der Waals surface area contributed by atoms with Crippen LogP contribution in [-0.2, 0) is 23.2 Å². The lowest BCUT2D eigenvalue weighted by Gasteiger charge is -2.30. The van der Waals surface area contributed by atoms with Crippen molar-refractivity contribution >= 4 is 11.9 Å². The molecule has 1 aliphatic carbocycles. The van der Waals surface area contributed by atoms with Crippen molar-refractivity contribution in [3.8, 4) is 0 Å². The third-order valence-corrected chi connectivity index (χ3v) is 5.74. The van der Waals surface area contributed by atoms with Crippen LogP contribution in [-0.4, -0.2) is 41.5 Å². The van der Waals surface area contributed by atoms with Crippen molar-refractivity contribution in [2.24, 2.45) is 0 Å². The zero-order chi connectivity index (χ0) is 16.7. The monoisotopic (exact) mass is 327 g/mol. The van der Waals surface area contributed by atoms with E-state index in [-0.39, 0.29) is 11.9 Å². The Kier molecular flexibility index (Phi) is 3.83. The van der Waals surface area contributed by atoms with Gasteiger partial charge in [-0.05, 0) is 68.8 Å². The molecule has 0 radical (unpaired) electrons. The summed E-state index contributed by atoms with van der Waals surface area (Å²) < 4.78 is 0. The van der Waals surface area contributed by atoms with Crippen molar-refractivity contribution in [1.82, 2.24) is 15.1 Å². The molecule has 0 aromatic heterocycles. The SMILES string of the molecule is C[C@]1(c2ccc3c(c2)CCC3)NC(=O)N(CN2CCCCC2)C1=O. The lowest BCUT2D eigenvalue weighted by Crippen LogP contribution is -2.45. The molecule has 24 heavy (non-hydrogen) atoms. The molecule has 1 aromatic rings. The fraction of sp³-hybridized carbons (Fsp3) is 0.579. The molecule has 128 valence electrons. The maximum absolute atomic E-state index is 13.0. The molecule has 2 fully saturated rings. The highest BCUT2D eigenvalue weighted by Crippen LogP contribution is 2.32. The van der Waals surface area contributed by atoms with Gasteiger partial charge in [0.25, 0.3) is 5.91 Å². The van der Waals surface area contributed by atoms with Crippen molar-refractivity contribution in [1.29, 1.82) is 0 Å².